The topological polar surface area (TPSA) is 86.4 Å². The molecular weight excluding hydrogens is 514 g/mol. The highest BCUT2D eigenvalue weighted by molar-refractivity contribution is 5.58. The average Bonchev–Trinajstić information content (AvgIpc) is 3.38. The van der Waals surface area contributed by atoms with Gasteiger partial charge in [0.2, 0.25) is 0 Å². The number of piperidine rings is 1. The highest BCUT2D eigenvalue weighted by Gasteiger charge is 2.32. The quantitative estimate of drug-likeness (QED) is 0.342. The lowest BCUT2D eigenvalue weighted by Gasteiger charge is -2.40. The van der Waals surface area contributed by atoms with Crippen LogP contribution in [-0.4, -0.2) is 42.6 Å². The summed E-state index contributed by atoms with van der Waals surface area (Å²) < 4.78 is 61.7. The Labute approximate surface area is 223 Å². The van der Waals surface area contributed by atoms with E-state index in [0.29, 0.717) is 35.1 Å². The molecule has 0 amide bonds. The maximum atomic E-state index is 14.6. The van der Waals surface area contributed by atoms with E-state index in [1.807, 2.05) is 11.0 Å². The van der Waals surface area contributed by atoms with Crippen LogP contribution in [0.4, 0.5) is 29.3 Å². The fourth-order valence-corrected chi connectivity index (χ4v) is 5.42. The molecule has 2 N–H and O–H groups in total. The molecule has 1 saturated heterocycles. The Bertz CT molecular complexity index is 1300. The van der Waals surface area contributed by atoms with E-state index in [9.17, 15) is 17.6 Å². The van der Waals surface area contributed by atoms with E-state index in [2.05, 4.69) is 20.4 Å². The second-order valence-corrected chi connectivity index (χ2v) is 9.97. The number of rotatable bonds is 7. The first-order valence-electron chi connectivity index (χ1n) is 13.1. The summed E-state index contributed by atoms with van der Waals surface area (Å²) in [5.41, 5.74) is 1.41. The summed E-state index contributed by atoms with van der Waals surface area (Å²) in [5.74, 6) is -0.249. The van der Waals surface area contributed by atoms with Crippen molar-refractivity contribution in [3.63, 3.8) is 0 Å². The fraction of sp³-hybridized carbons (Fsp3) is 0.429. The number of nitrogens with one attached hydrogen (secondary N) is 2. The molecule has 2 heterocycles. The van der Waals surface area contributed by atoms with E-state index in [4.69, 9.17) is 9.68 Å². The van der Waals surface area contributed by atoms with E-state index < -0.39 is 6.36 Å². The first-order chi connectivity index (χ1) is 18.8. The molecule has 39 heavy (non-hydrogen) atoms. The van der Waals surface area contributed by atoms with Crippen molar-refractivity contribution in [2.24, 2.45) is 0 Å². The Kier molecular flexibility index (Phi) is 7.93. The van der Waals surface area contributed by atoms with E-state index in [0.717, 1.165) is 45.1 Å². The third-order valence-electron chi connectivity index (χ3n) is 7.24. The van der Waals surface area contributed by atoms with Crippen molar-refractivity contribution in [2.45, 2.75) is 63.0 Å². The number of alkyl halides is 3. The van der Waals surface area contributed by atoms with E-state index in [1.54, 1.807) is 18.3 Å². The minimum absolute atomic E-state index is 0.0786. The molecule has 11 heteroatoms. The summed E-state index contributed by atoms with van der Waals surface area (Å²) in [5, 5.41) is 16.2. The lowest BCUT2D eigenvalue weighted by atomic mass is 9.89. The van der Waals surface area contributed by atoms with Crippen LogP contribution in [-0.2, 0) is 0 Å². The summed E-state index contributed by atoms with van der Waals surface area (Å²) in [4.78, 5) is 6.37. The van der Waals surface area contributed by atoms with Gasteiger partial charge in [0.05, 0.1) is 23.5 Å². The van der Waals surface area contributed by atoms with Gasteiger partial charge in [-0.2, -0.15) is 5.26 Å². The van der Waals surface area contributed by atoms with Crippen molar-refractivity contribution in [1.29, 1.82) is 5.26 Å². The average molecular weight is 544 g/mol. The fourth-order valence-electron chi connectivity index (χ4n) is 5.42. The number of anilines is 2. The second kappa shape index (κ2) is 11.5. The number of nitrogens with zero attached hydrogens (tertiary/aromatic N) is 3. The summed E-state index contributed by atoms with van der Waals surface area (Å²) in [7, 11) is 0. The molecule has 1 aromatic heterocycles. The van der Waals surface area contributed by atoms with E-state index in [-0.39, 0.29) is 29.7 Å². The zero-order valence-corrected chi connectivity index (χ0v) is 21.2. The first-order valence-corrected chi connectivity index (χ1v) is 13.1. The monoisotopic (exact) mass is 543 g/mol. The summed E-state index contributed by atoms with van der Waals surface area (Å²) in [6.45, 7) is 1.43. The van der Waals surface area contributed by atoms with Gasteiger partial charge in [-0.1, -0.05) is 12.8 Å². The molecule has 3 unspecified atom stereocenters. The van der Waals surface area contributed by atoms with Crippen LogP contribution in [0.15, 0.2) is 53.1 Å². The predicted molar refractivity (Wildman–Crippen MR) is 138 cm³/mol. The number of benzene rings is 2. The van der Waals surface area contributed by atoms with Gasteiger partial charge in [0, 0.05) is 36.8 Å². The molecule has 0 spiro atoms. The van der Waals surface area contributed by atoms with Gasteiger partial charge in [-0.3, -0.25) is 0 Å². The molecular formula is C28H29F4N5O2. The standard InChI is InChI=1S/C28H29F4N5O2/c29-22-14-18(15-33)7-12-25(22)37-13-3-4-20(17-37)35-23-5-1-2-6-24(23)36-27-34-16-26(38-27)19-8-10-21(11-9-19)39-28(30,31)32/h7-12,14,16,20,23-24,35H,1-6,13,17H2,(H,34,36). The minimum Gasteiger partial charge on any atom is -0.424 e. The van der Waals surface area contributed by atoms with Crippen LogP contribution in [0.1, 0.15) is 44.1 Å². The molecule has 7 nitrogen and oxygen atoms in total. The molecule has 206 valence electrons. The third-order valence-corrected chi connectivity index (χ3v) is 7.24. The summed E-state index contributed by atoms with van der Waals surface area (Å²) in [6.07, 6.45) is 2.78. The van der Waals surface area contributed by atoms with Crippen LogP contribution in [0.2, 0.25) is 0 Å². The smallest absolute Gasteiger partial charge is 0.424 e. The predicted octanol–water partition coefficient (Wildman–Crippen LogP) is 6.23. The third kappa shape index (κ3) is 6.81. The molecule has 2 fully saturated rings. The number of oxazole rings is 1. The van der Waals surface area contributed by atoms with Crippen molar-refractivity contribution in [2.75, 3.05) is 23.3 Å². The van der Waals surface area contributed by atoms with Gasteiger partial charge in [0.15, 0.2) is 5.76 Å². The lowest BCUT2D eigenvalue weighted by molar-refractivity contribution is -0.274. The summed E-state index contributed by atoms with van der Waals surface area (Å²) in [6, 6.07) is 12.8. The molecule has 5 rings (SSSR count). The van der Waals surface area contributed by atoms with Gasteiger partial charge in [-0.15, -0.1) is 13.2 Å². The van der Waals surface area contributed by atoms with Crippen molar-refractivity contribution in [1.82, 2.24) is 10.3 Å². The van der Waals surface area contributed by atoms with Gasteiger partial charge in [-0.25, -0.2) is 9.37 Å². The number of hydrogen-bond acceptors (Lipinski definition) is 7. The second-order valence-electron chi connectivity index (χ2n) is 9.97. The number of hydrogen-bond donors (Lipinski definition) is 2. The Morgan fingerprint density at radius 1 is 1.03 bits per heavy atom. The van der Waals surface area contributed by atoms with Crippen LogP contribution >= 0.6 is 0 Å². The molecule has 2 aliphatic rings. The zero-order chi connectivity index (χ0) is 27.4. The van der Waals surface area contributed by atoms with Crippen molar-refractivity contribution in [3.05, 3.63) is 60.0 Å². The van der Waals surface area contributed by atoms with Crippen LogP contribution in [0.25, 0.3) is 11.3 Å². The van der Waals surface area contributed by atoms with E-state index >= 15 is 0 Å². The van der Waals surface area contributed by atoms with Crippen molar-refractivity contribution in [3.8, 4) is 23.1 Å². The largest absolute Gasteiger partial charge is 0.573 e. The van der Waals surface area contributed by atoms with Crippen molar-refractivity contribution < 1.29 is 26.7 Å². The first kappa shape index (κ1) is 26.8. The molecule has 2 aromatic carbocycles. The lowest BCUT2D eigenvalue weighted by Crippen LogP contribution is -2.55. The Hall–Kier alpha value is -3.78. The Balaban J connectivity index is 1.21. The maximum Gasteiger partial charge on any atom is 0.573 e. The number of nitriles is 1. The molecule has 1 saturated carbocycles. The highest BCUT2D eigenvalue weighted by Crippen LogP contribution is 2.30. The molecule has 3 aromatic rings. The van der Waals surface area contributed by atoms with Crippen molar-refractivity contribution >= 4 is 11.7 Å². The van der Waals surface area contributed by atoms with Gasteiger partial charge in [-0.05, 0) is 68.1 Å². The molecule has 0 bridgehead atoms. The van der Waals surface area contributed by atoms with Gasteiger partial charge >= 0.3 is 6.36 Å². The number of ether oxygens (including phenoxy) is 1. The Morgan fingerprint density at radius 3 is 2.51 bits per heavy atom. The molecule has 1 aliphatic carbocycles. The van der Waals surface area contributed by atoms with Crippen LogP contribution < -0.4 is 20.3 Å². The molecule has 1 aliphatic heterocycles. The van der Waals surface area contributed by atoms with Gasteiger partial charge < -0.3 is 24.7 Å². The highest BCUT2D eigenvalue weighted by atomic mass is 19.4. The Morgan fingerprint density at radius 2 is 1.79 bits per heavy atom. The zero-order valence-electron chi connectivity index (χ0n) is 21.2. The molecule has 0 radical (unpaired) electrons. The summed E-state index contributed by atoms with van der Waals surface area (Å²) >= 11 is 0. The van der Waals surface area contributed by atoms with Crippen LogP contribution in [0.5, 0.6) is 5.75 Å². The minimum atomic E-state index is -4.74. The van der Waals surface area contributed by atoms with Crippen LogP contribution in [0.3, 0.4) is 0 Å². The number of halogens is 4. The SMILES string of the molecule is N#Cc1ccc(N2CCCC(NC3CCCCC3Nc3ncc(-c4ccc(OC(F)(F)F)cc4)o3)C2)c(F)c1. The van der Waals surface area contributed by atoms with Crippen LogP contribution in [0, 0.1) is 17.1 Å². The maximum absolute atomic E-state index is 14.6. The van der Waals surface area contributed by atoms with Gasteiger partial charge in [0.25, 0.3) is 6.01 Å². The molecule has 3 atom stereocenters. The van der Waals surface area contributed by atoms with Gasteiger partial charge in [0.1, 0.15) is 11.6 Å². The van der Waals surface area contributed by atoms with E-state index in [1.165, 1.54) is 30.3 Å². The number of aromatic nitrogens is 1. The normalized spacial score (nSPS) is 21.8.